The highest BCUT2D eigenvalue weighted by Crippen LogP contribution is 2.20. The second-order valence-electron chi connectivity index (χ2n) is 4.36. The molecule has 0 radical (unpaired) electrons. The number of benzene rings is 1. The molecule has 1 heterocycles. The van der Waals surface area contributed by atoms with Crippen molar-refractivity contribution in [3.05, 3.63) is 36.4 Å². The van der Waals surface area contributed by atoms with Crippen molar-refractivity contribution in [2.45, 2.75) is 6.92 Å². The van der Waals surface area contributed by atoms with Crippen molar-refractivity contribution in [3.63, 3.8) is 0 Å². The van der Waals surface area contributed by atoms with Gasteiger partial charge in [0.25, 0.3) is 0 Å². The predicted molar refractivity (Wildman–Crippen MR) is 77.4 cm³/mol. The molecule has 0 aliphatic heterocycles. The molecular formula is C14H16N4O3. The average molecular weight is 288 g/mol. The van der Waals surface area contributed by atoms with Crippen molar-refractivity contribution < 1.29 is 14.0 Å². The van der Waals surface area contributed by atoms with E-state index in [0.717, 1.165) is 11.3 Å². The zero-order valence-electron chi connectivity index (χ0n) is 11.6. The van der Waals surface area contributed by atoms with Gasteiger partial charge in [0, 0.05) is 18.2 Å². The van der Waals surface area contributed by atoms with Crippen LogP contribution in [0.1, 0.15) is 5.89 Å². The minimum Gasteiger partial charge on any atom is -0.449 e. The topological polar surface area (TPSA) is 110 Å². The molecule has 0 saturated heterocycles. The van der Waals surface area contributed by atoms with Gasteiger partial charge in [-0.05, 0) is 12.1 Å². The summed E-state index contributed by atoms with van der Waals surface area (Å²) in [5.41, 5.74) is 7.38. The lowest BCUT2D eigenvalue weighted by molar-refractivity contribution is -0.123. The van der Waals surface area contributed by atoms with Gasteiger partial charge in [-0.1, -0.05) is 12.1 Å². The number of hydrogen-bond donors (Lipinski definition) is 3. The minimum atomic E-state index is -0.373. The number of aryl methyl sites for hydroxylation is 1. The Morgan fingerprint density at radius 2 is 1.95 bits per heavy atom. The van der Waals surface area contributed by atoms with E-state index in [9.17, 15) is 9.59 Å². The Kier molecular flexibility index (Phi) is 4.68. The molecule has 21 heavy (non-hydrogen) atoms. The van der Waals surface area contributed by atoms with E-state index in [1.54, 1.807) is 25.3 Å². The molecule has 0 unspecified atom stereocenters. The third-order valence-corrected chi connectivity index (χ3v) is 2.71. The summed E-state index contributed by atoms with van der Waals surface area (Å²) >= 11 is 0. The van der Waals surface area contributed by atoms with Crippen molar-refractivity contribution in [1.82, 2.24) is 10.3 Å². The van der Waals surface area contributed by atoms with E-state index in [-0.39, 0.29) is 24.9 Å². The highest BCUT2D eigenvalue weighted by atomic mass is 16.3. The molecule has 2 amide bonds. The maximum atomic E-state index is 11.6. The molecule has 0 spiro atoms. The van der Waals surface area contributed by atoms with Crippen LogP contribution in [-0.2, 0) is 9.59 Å². The number of anilines is 1. The van der Waals surface area contributed by atoms with Crippen LogP contribution in [0.25, 0.3) is 11.3 Å². The second-order valence-corrected chi connectivity index (χ2v) is 4.36. The van der Waals surface area contributed by atoms with Crippen LogP contribution >= 0.6 is 0 Å². The Hall–Kier alpha value is -2.67. The molecule has 0 atom stereocenters. The van der Waals surface area contributed by atoms with Crippen molar-refractivity contribution >= 4 is 17.5 Å². The van der Waals surface area contributed by atoms with Gasteiger partial charge in [0.05, 0.1) is 13.1 Å². The zero-order chi connectivity index (χ0) is 15.2. The SMILES string of the molecule is Cc1nc(-c2ccc(NC(=O)CNC(=O)CN)cc2)co1. The van der Waals surface area contributed by atoms with Gasteiger partial charge in [-0.2, -0.15) is 0 Å². The number of nitrogens with one attached hydrogen (secondary N) is 2. The number of rotatable bonds is 5. The summed E-state index contributed by atoms with van der Waals surface area (Å²) in [5, 5.41) is 5.06. The van der Waals surface area contributed by atoms with Gasteiger partial charge in [-0.25, -0.2) is 4.98 Å². The maximum absolute atomic E-state index is 11.6. The number of hydrogen-bond acceptors (Lipinski definition) is 5. The number of nitrogens with two attached hydrogens (primary N) is 1. The number of nitrogens with zero attached hydrogens (tertiary/aromatic N) is 1. The van der Waals surface area contributed by atoms with E-state index in [1.165, 1.54) is 0 Å². The summed E-state index contributed by atoms with van der Waals surface area (Å²) in [7, 11) is 0. The second kappa shape index (κ2) is 6.67. The van der Waals surface area contributed by atoms with Crippen LogP contribution in [-0.4, -0.2) is 29.9 Å². The lowest BCUT2D eigenvalue weighted by atomic mass is 10.1. The lowest BCUT2D eigenvalue weighted by Gasteiger charge is -2.06. The van der Waals surface area contributed by atoms with E-state index in [4.69, 9.17) is 10.2 Å². The molecule has 0 fully saturated rings. The first-order valence-corrected chi connectivity index (χ1v) is 6.37. The van der Waals surface area contributed by atoms with Gasteiger partial charge >= 0.3 is 0 Å². The molecule has 1 aromatic carbocycles. The molecule has 2 aromatic rings. The largest absolute Gasteiger partial charge is 0.449 e. The Balaban J connectivity index is 1.93. The molecule has 7 nitrogen and oxygen atoms in total. The third kappa shape index (κ3) is 4.15. The number of aromatic nitrogens is 1. The molecule has 4 N–H and O–H groups in total. The zero-order valence-corrected chi connectivity index (χ0v) is 11.6. The molecular weight excluding hydrogens is 272 g/mol. The van der Waals surface area contributed by atoms with Crippen LogP contribution in [0.15, 0.2) is 34.9 Å². The summed E-state index contributed by atoms with van der Waals surface area (Å²) in [6.45, 7) is 1.52. The van der Waals surface area contributed by atoms with Gasteiger partial charge < -0.3 is 20.8 Å². The van der Waals surface area contributed by atoms with Gasteiger partial charge in [0.15, 0.2) is 5.89 Å². The summed E-state index contributed by atoms with van der Waals surface area (Å²) < 4.78 is 5.15. The van der Waals surface area contributed by atoms with Crippen molar-refractivity contribution in [3.8, 4) is 11.3 Å². The Bertz CT molecular complexity index is 634. The molecule has 0 aliphatic rings. The lowest BCUT2D eigenvalue weighted by Crippen LogP contribution is -2.36. The fourth-order valence-electron chi connectivity index (χ4n) is 1.68. The van der Waals surface area contributed by atoms with Crippen LogP contribution in [0, 0.1) is 6.92 Å². The van der Waals surface area contributed by atoms with E-state index < -0.39 is 0 Å². The first-order chi connectivity index (χ1) is 10.1. The highest BCUT2D eigenvalue weighted by Gasteiger charge is 2.06. The monoisotopic (exact) mass is 288 g/mol. The normalized spacial score (nSPS) is 10.2. The standard InChI is InChI=1S/C14H16N4O3/c1-9-17-12(8-21-9)10-2-4-11(5-3-10)18-14(20)7-16-13(19)6-15/h2-5,8H,6-7,15H2,1H3,(H,16,19)(H,18,20). The van der Waals surface area contributed by atoms with Crippen LogP contribution in [0.4, 0.5) is 5.69 Å². The van der Waals surface area contributed by atoms with E-state index >= 15 is 0 Å². The van der Waals surface area contributed by atoms with E-state index in [0.29, 0.717) is 11.6 Å². The Labute approximate surface area is 121 Å². The van der Waals surface area contributed by atoms with Crippen LogP contribution < -0.4 is 16.4 Å². The predicted octanol–water partition coefficient (Wildman–Crippen LogP) is 0.663. The third-order valence-electron chi connectivity index (χ3n) is 2.71. The van der Waals surface area contributed by atoms with Crippen LogP contribution in [0.5, 0.6) is 0 Å². The van der Waals surface area contributed by atoms with Crippen molar-refractivity contribution in [1.29, 1.82) is 0 Å². The molecule has 0 bridgehead atoms. The number of oxazole rings is 1. The smallest absolute Gasteiger partial charge is 0.243 e. The fraction of sp³-hybridized carbons (Fsp3) is 0.214. The molecule has 1 aromatic heterocycles. The quantitative estimate of drug-likeness (QED) is 0.748. The minimum absolute atomic E-state index is 0.111. The summed E-state index contributed by atoms with van der Waals surface area (Å²) in [6.07, 6.45) is 1.57. The van der Waals surface area contributed by atoms with Gasteiger partial charge in [0.1, 0.15) is 12.0 Å². The number of amides is 2. The van der Waals surface area contributed by atoms with Crippen molar-refractivity contribution in [2.75, 3.05) is 18.4 Å². The maximum Gasteiger partial charge on any atom is 0.243 e. The van der Waals surface area contributed by atoms with Crippen LogP contribution in [0.2, 0.25) is 0 Å². The molecule has 110 valence electrons. The molecule has 0 aliphatic carbocycles. The summed E-state index contributed by atoms with van der Waals surface area (Å²) in [6, 6.07) is 7.15. The van der Waals surface area contributed by atoms with E-state index in [2.05, 4.69) is 15.6 Å². The van der Waals surface area contributed by atoms with Crippen molar-refractivity contribution in [2.24, 2.45) is 5.73 Å². The average Bonchev–Trinajstić information content (AvgIpc) is 2.92. The summed E-state index contributed by atoms with van der Waals surface area (Å²) in [4.78, 5) is 26.8. The van der Waals surface area contributed by atoms with Gasteiger partial charge in [0.2, 0.25) is 11.8 Å². The molecule has 7 heteroatoms. The Morgan fingerprint density at radius 1 is 1.24 bits per heavy atom. The van der Waals surface area contributed by atoms with E-state index in [1.807, 2.05) is 12.1 Å². The first kappa shape index (κ1) is 14.7. The Morgan fingerprint density at radius 3 is 2.52 bits per heavy atom. The first-order valence-electron chi connectivity index (χ1n) is 6.37. The van der Waals surface area contributed by atoms with Crippen LogP contribution in [0.3, 0.4) is 0 Å². The molecule has 2 rings (SSSR count). The number of carbonyl (C=O) groups is 2. The molecule has 0 saturated carbocycles. The van der Waals surface area contributed by atoms with Gasteiger partial charge in [-0.3, -0.25) is 9.59 Å². The number of carbonyl (C=O) groups excluding carboxylic acids is 2. The highest BCUT2D eigenvalue weighted by molar-refractivity contribution is 5.94. The van der Waals surface area contributed by atoms with Gasteiger partial charge in [-0.15, -0.1) is 0 Å². The summed E-state index contributed by atoms with van der Waals surface area (Å²) in [5.74, 6) is -0.0956. The fourth-order valence-corrected chi connectivity index (χ4v) is 1.68.